The van der Waals surface area contributed by atoms with Gasteiger partial charge in [-0.1, -0.05) is 0 Å². The average Bonchev–Trinajstić information content (AvgIpc) is 2.91. The van der Waals surface area contributed by atoms with Crippen LogP contribution in [0.15, 0.2) is 35.0 Å². The number of nitro groups is 1. The van der Waals surface area contributed by atoms with E-state index in [-0.39, 0.29) is 5.69 Å². The summed E-state index contributed by atoms with van der Waals surface area (Å²) >= 11 is 1.63. The van der Waals surface area contributed by atoms with Gasteiger partial charge in [0, 0.05) is 24.1 Å². The summed E-state index contributed by atoms with van der Waals surface area (Å²) in [7, 11) is 0. The summed E-state index contributed by atoms with van der Waals surface area (Å²) in [5.74, 6) is 0.487. The number of aliphatic hydroxyl groups excluding tert-OH is 1. The fraction of sp³-hybridized carbons (Fsp3) is 0.286. The predicted octanol–water partition coefficient (Wildman–Crippen LogP) is 3.33. The van der Waals surface area contributed by atoms with Crippen molar-refractivity contribution in [1.29, 1.82) is 0 Å². The number of nitrogens with zero attached hydrogens (tertiary/aromatic N) is 1. The third-order valence-corrected chi connectivity index (χ3v) is 3.61. The van der Waals surface area contributed by atoms with E-state index in [9.17, 15) is 15.2 Å². The smallest absolute Gasteiger partial charge is 0.270 e. The molecule has 2 aromatic rings. The Morgan fingerprint density at radius 3 is 2.85 bits per heavy atom. The van der Waals surface area contributed by atoms with Gasteiger partial charge in [-0.2, -0.15) is 11.3 Å². The molecule has 0 aliphatic heterocycles. The Kier molecular flexibility index (Phi) is 4.70. The van der Waals surface area contributed by atoms with Gasteiger partial charge in [0.25, 0.3) is 5.69 Å². The molecule has 5 nitrogen and oxygen atoms in total. The molecule has 0 spiro atoms. The van der Waals surface area contributed by atoms with Crippen LogP contribution >= 0.6 is 11.3 Å². The number of hydrogen-bond donors (Lipinski definition) is 1. The van der Waals surface area contributed by atoms with Crippen molar-refractivity contribution in [2.24, 2.45) is 0 Å². The average molecular weight is 293 g/mol. The summed E-state index contributed by atoms with van der Waals surface area (Å²) in [6.45, 7) is 2.03. The van der Waals surface area contributed by atoms with Gasteiger partial charge in [0.05, 0.1) is 17.6 Å². The van der Waals surface area contributed by atoms with E-state index in [0.717, 1.165) is 6.42 Å². The Bertz CT molecular complexity index is 581. The molecular weight excluding hydrogens is 278 g/mol. The molecule has 1 aromatic heterocycles. The molecule has 0 aliphatic rings. The topological polar surface area (TPSA) is 72.6 Å². The van der Waals surface area contributed by atoms with E-state index in [1.807, 2.05) is 11.4 Å². The molecule has 20 heavy (non-hydrogen) atoms. The molecule has 0 fully saturated rings. The molecule has 0 bridgehead atoms. The van der Waals surface area contributed by atoms with Gasteiger partial charge in [0.15, 0.2) is 0 Å². The SMILES string of the molecule is C[C@@H](O)c1cc([N+](=O)[O-])ccc1OCCc1ccsc1. The van der Waals surface area contributed by atoms with Crippen molar-refractivity contribution in [3.63, 3.8) is 0 Å². The zero-order valence-corrected chi connectivity index (χ0v) is 11.8. The van der Waals surface area contributed by atoms with E-state index < -0.39 is 11.0 Å². The van der Waals surface area contributed by atoms with Crippen molar-refractivity contribution in [2.75, 3.05) is 6.61 Å². The van der Waals surface area contributed by atoms with E-state index in [4.69, 9.17) is 4.74 Å². The first-order valence-electron chi connectivity index (χ1n) is 6.18. The first kappa shape index (κ1) is 14.5. The molecule has 0 aliphatic carbocycles. The molecule has 0 radical (unpaired) electrons. The predicted molar refractivity (Wildman–Crippen MR) is 77.2 cm³/mol. The van der Waals surface area contributed by atoms with Gasteiger partial charge in [-0.25, -0.2) is 0 Å². The Labute approximate surface area is 120 Å². The van der Waals surface area contributed by atoms with Crippen LogP contribution in [0.25, 0.3) is 0 Å². The van der Waals surface area contributed by atoms with Crippen molar-refractivity contribution in [2.45, 2.75) is 19.4 Å². The quantitative estimate of drug-likeness (QED) is 0.655. The number of nitro benzene ring substituents is 1. The van der Waals surface area contributed by atoms with E-state index in [2.05, 4.69) is 5.38 Å². The lowest BCUT2D eigenvalue weighted by Gasteiger charge is -2.13. The fourth-order valence-corrected chi connectivity index (χ4v) is 2.52. The second kappa shape index (κ2) is 6.49. The number of aliphatic hydroxyl groups is 1. The number of thiophene rings is 1. The minimum Gasteiger partial charge on any atom is -0.493 e. The molecule has 6 heteroatoms. The molecule has 1 aromatic carbocycles. The summed E-state index contributed by atoms with van der Waals surface area (Å²) < 4.78 is 5.63. The third-order valence-electron chi connectivity index (χ3n) is 2.88. The molecule has 0 unspecified atom stereocenters. The van der Waals surface area contributed by atoms with Gasteiger partial charge in [0.2, 0.25) is 0 Å². The third kappa shape index (κ3) is 3.55. The summed E-state index contributed by atoms with van der Waals surface area (Å²) in [4.78, 5) is 10.3. The fourth-order valence-electron chi connectivity index (χ4n) is 1.82. The van der Waals surface area contributed by atoms with Crippen LogP contribution in [0, 0.1) is 10.1 Å². The van der Waals surface area contributed by atoms with Crippen molar-refractivity contribution in [3.8, 4) is 5.75 Å². The maximum Gasteiger partial charge on any atom is 0.270 e. The summed E-state index contributed by atoms with van der Waals surface area (Å²) in [6.07, 6.45) is -0.0502. The first-order chi connectivity index (χ1) is 9.58. The highest BCUT2D eigenvalue weighted by Gasteiger charge is 2.15. The number of rotatable bonds is 6. The maximum atomic E-state index is 10.7. The monoisotopic (exact) mass is 293 g/mol. The lowest BCUT2D eigenvalue weighted by molar-refractivity contribution is -0.385. The molecule has 0 saturated carbocycles. The lowest BCUT2D eigenvalue weighted by Crippen LogP contribution is -2.05. The second-order valence-electron chi connectivity index (χ2n) is 4.39. The van der Waals surface area contributed by atoms with E-state index >= 15 is 0 Å². The van der Waals surface area contributed by atoms with Crippen molar-refractivity contribution < 1.29 is 14.8 Å². The van der Waals surface area contributed by atoms with Gasteiger partial charge in [-0.05, 0) is 35.4 Å². The van der Waals surface area contributed by atoms with Gasteiger partial charge >= 0.3 is 0 Å². The summed E-state index contributed by atoms with van der Waals surface area (Å²) in [6, 6.07) is 6.30. The highest BCUT2D eigenvalue weighted by molar-refractivity contribution is 7.07. The molecule has 0 amide bonds. The largest absolute Gasteiger partial charge is 0.493 e. The summed E-state index contributed by atoms with van der Waals surface area (Å²) in [5, 5.41) is 24.5. The van der Waals surface area contributed by atoms with Gasteiger partial charge in [-0.3, -0.25) is 10.1 Å². The molecule has 1 N–H and O–H groups in total. The van der Waals surface area contributed by atoms with E-state index in [0.29, 0.717) is 17.9 Å². The van der Waals surface area contributed by atoms with Crippen LogP contribution in [-0.2, 0) is 6.42 Å². The Morgan fingerprint density at radius 2 is 2.25 bits per heavy atom. The van der Waals surface area contributed by atoms with Crippen molar-refractivity contribution in [3.05, 3.63) is 56.3 Å². The van der Waals surface area contributed by atoms with Crippen LogP contribution in [0.5, 0.6) is 5.75 Å². The van der Waals surface area contributed by atoms with Gasteiger partial charge < -0.3 is 9.84 Å². The van der Waals surface area contributed by atoms with Crippen molar-refractivity contribution >= 4 is 17.0 Å². The number of non-ortho nitro benzene ring substituents is 1. The first-order valence-corrected chi connectivity index (χ1v) is 7.12. The minimum atomic E-state index is -0.814. The zero-order chi connectivity index (χ0) is 14.5. The van der Waals surface area contributed by atoms with Crippen LogP contribution in [-0.4, -0.2) is 16.6 Å². The maximum absolute atomic E-state index is 10.7. The molecule has 0 saturated heterocycles. The Balaban J connectivity index is 2.08. The standard InChI is InChI=1S/C14H15NO4S/c1-10(16)13-8-12(15(17)18)2-3-14(13)19-6-4-11-5-7-20-9-11/h2-3,5,7-10,16H,4,6H2,1H3/t10-/m1/s1. The van der Waals surface area contributed by atoms with Crippen LogP contribution in [0.2, 0.25) is 0 Å². The molecule has 1 heterocycles. The second-order valence-corrected chi connectivity index (χ2v) is 5.17. The Hall–Kier alpha value is -1.92. The van der Waals surface area contributed by atoms with E-state index in [1.165, 1.54) is 23.8 Å². The molecule has 2 rings (SSSR count). The molecular formula is C14H15NO4S. The number of hydrogen-bond acceptors (Lipinski definition) is 5. The van der Waals surface area contributed by atoms with Crippen LogP contribution < -0.4 is 4.74 Å². The highest BCUT2D eigenvalue weighted by Crippen LogP contribution is 2.29. The van der Waals surface area contributed by atoms with Gasteiger partial charge in [-0.15, -0.1) is 0 Å². The van der Waals surface area contributed by atoms with Gasteiger partial charge in [0.1, 0.15) is 5.75 Å². The lowest BCUT2D eigenvalue weighted by atomic mass is 10.1. The van der Waals surface area contributed by atoms with Crippen molar-refractivity contribution in [1.82, 2.24) is 0 Å². The highest BCUT2D eigenvalue weighted by atomic mass is 32.1. The Morgan fingerprint density at radius 1 is 1.45 bits per heavy atom. The molecule has 1 atom stereocenters. The molecule has 106 valence electrons. The number of benzene rings is 1. The zero-order valence-electron chi connectivity index (χ0n) is 11.0. The number of ether oxygens (including phenoxy) is 1. The van der Waals surface area contributed by atoms with E-state index in [1.54, 1.807) is 18.3 Å². The van der Waals surface area contributed by atoms with Crippen LogP contribution in [0.1, 0.15) is 24.2 Å². The summed E-state index contributed by atoms with van der Waals surface area (Å²) in [5.41, 5.74) is 1.58. The minimum absolute atomic E-state index is 0.0499. The van der Waals surface area contributed by atoms with Crippen LogP contribution in [0.3, 0.4) is 0 Å². The normalized spacial score (nSPS) is 12.1. The van der Waals surface area contributed by atoms with Crippen LogP contribution in [0.4, 0.5) is 5.69 Å².